The van der Waals surface area contributed by atoms with E-state index in [1.807, 2.05) is 45.9 Å². The van der Waals surface area contributed by atoms with Gasteiger partial charge in [-0.15, -0.1) is 0 Å². The van der Waals surface area contributed by atoms with Crippen LogP contribution in [0.15, 0.2) is 24.4 Å². The number of piperidine rings is 1. The molecular weight excluding hydrogens is 503 g/mol. The molecule has 0 aliphatic carbocycles. The minimum atomic E-state index is -1.22. The summed E-state index contributed by atoms with van der Waals surface area (Å²) in [5, 5.41) is 5.55. The second kappa shape index (κ2) is 10.6. The Morgan fingerprint density at radius 1 is 1.15 bits per heavy atom. The van der Waals surface area contributed by atoms with Crippen molar-refractivity contribution in [2.24, 2.45) is 0 Å². The number of rotatable bonds is 4. The third kappa shape index (κ3) is 5.63. The van der Waals surface area contributed by atoms with Crippen LogP contribution in [0.4, 0.5) is 15.0 Å². The summed E-state index contributed by atoms with van der Waals surface area (Å²) < 4.78 is 33.8. The van der Waals surface area contributed by atoms with Gasteiger partial charge >= 0.3 is 12.1 Å². The third-order valence-corrected chi connectivity index (χ3v) is 7.29. The summed E-state index contributed by atoms with van der Waals surface area (Å²) in [7, 11) is 1.54. The van der Waals surface area contributed by atoms with E-state index in [9.17, 15) is 4.79 Å². The topological polar surface area (TPSA) is 94.8 Å². The first-order chi connectivity index (χ1) is 18.5. The number of fused-ring (bicyclic) bond motifs is 1. The van der Waals surface area contributed by atoms with E-state index in [1.54, 1.807) is 18.0 Å². The van der Waals surface area contributed by atoms with Gasteiger partial charge in [-0.25, -0.2) is 13.9 Å². The zero-order valence-corrected chi connectivity index (χ0v) is 23.5. The van der Waals surface area contributed by atoms with E-state index < -0.39 is 17.9 Å². The molecule has 1 aromatic carbocycles. The first kappa shape index (κ1) is 27.1. The number of halogens is 1. The monoisotopic (exact) mass is 540 g/mol. The molecule has 0 spiro atoms. The van der Waals surface area contributed by atoms with Gasteiger partial charge in [0.25, 0.3) is 0 Å². The quantitative estimate of drug-likeness (QED) is 0.480. The Labute approximate surface area is 228 Å². The maximum absolute atomic E-state index is 15.6. The molecule has 0 radical (unpaired) electrons. The van der Waals surface area contributed by atoms with Crippen LogP contribution in [0.3, 0.4) is 0 Å². The van der Waals surface area contributed by atoms with Crippen molar-refractivity contribution in [1.29, 1.82) is 0 Å². The lowest BCUT2D eigenvalue weighted by atomic mass is 9.85. The predicted octanol–water partition coefficient (Wildman–Crippen LogP) is 4.42. The van der Waals surface area contributed by atoms with E-state index >= 15 is 4.39 Å². The molecule has 3 atom stereocenters. The van der Waals surface area contributed by atoms with Crippen molar-refractivity contribution in [2.75, 3.05) is 44.9 Å². The summed E-state index contributed by atoms with van der Waals surface area (Å²) in [5.74, 6) is 0.958. The molecule has 2 fully saturated rings. The van der Waals surface area contributed by atoms with E-state index in [0.29, 0.717) is 38.5 Å². The Kier molecular flexibility index (Phi) is 7.37. The van der Waals surface area contributed by atoms with Crippen LogP contribution in [0, 0.1) is 6.92 Å². The molecule has 2 aliphatic rings. The zero-order chi connectivity index (χ0) is 27.9. The molecule has 0 unspecified atom stereocenters. The number of hydrogen-bond donors (Lipinski definition) is 0. The van der Waals surface area contributed by atoms with Crippen LogP contribution in [0.2, 0.25) is 0 Å². The number of likely N-dealkylation sites (tertiary alicyclic amines) is 1. The molecule has 2 saturated heterocycles. The molecule has 2 aromatic heterocycles. The van der Waals surface area contributed by atoms with Gasteiger partial charge in [-0.05, 0) is 64.3 Å². The minimum absolute atomic E-state index is 0.000517. The Balaban J connectivity index is 1.46. The molecule has 3 aromatic rings. The smallest absolute Gasteiger partial charge is 0.410 e. The number of carbonyl (C=O) groups excluding carboxylic acids is 1. The maximum Gasteiger partial charge on any atom is 0.410 e. The average molecular weight is 541 g/mol. The van der Waals surface area contributed by atoms with Gasteiger partial charge in [-0.2, -0.15) is 15.1 Å². The SMILES string of the molecule is COc1nc(N2CCOC[C@H]2C)cc(-n2ncc3cc(C)c([C@H]4CCN(C(=O)OC(C)(C)C)C[C@H]4F)cc32)n1. The Hall–Kier alpha value is -3.47. The average Bonchev–Trinajstić information content (AvgIpc) is 3.30. The summed E-state index contributed by atoms with van der Waals surface area (Å²) in [6.45, 7) is 11.9. The van der Waals surface area contributed by atoms with Gasteiger partial charge in [0, 0.05) is 30.5 Å². The predicted molar refractivity (Wildman–Crippen MR) is 146 cm³/mol. The highest BCUT2D eigenvalue weighted by Crippen LogP contribution is 2.36. The molecule has 0 saturated carbocycles. The zero-order valence-electron chi connectivity index (χ0n) is 23.5. The Morgan fingerprint density at radius 3 is 2.62 bits per heavy atom. The normalized spacial score (nSPS) is 22.3. The van der Waals surface area contributed by atoms with E-state index in [1.165, 1.54) is 4.90 Å². The van der Waals surface area contributed by atoms with Crippen LogP contribution < -0.4 is 9.64 Å². The van der Waals surface area contributed by atoms with Gasteiger partial charge in [0.1, 0.15) is 17.6 Å². The van der Waals surface area contributed by atoms with Gasteiger partial charge in [0.2, 0.25) is 0 Å². The molecule has 11 heteroatoms. The van der Waals surface area contributed by atoms with Gasteiger partial charge in [-0.3, -0.25) is 0 Å². The number of amides is 1. The number of hydrogen-bond acceptors (Lipinski definition) is 8. The van der Waals surface area contributed by atoms with Gasteiger partial charge in [-0.1, -0.05) is 0 Å². The number of nitrogens with zero attached hydrogens (tertiary/aromatic N) is 6. The fraction of sp³-hybridized carbons (Fsp3) is 0.571. The lowest BCUT2D eigenvalue weighted by Gasteiger charge is -2.36. The van der Waals surface area contributed by atoms with Crippen LogP contribution in [0.25, 0.3) is 16.7 Å². The van der Waals surface area contributed by atoms with Crippen molar-refractivity contribution in [1.82, 2.24) is 24.6 Å². The van der Waals surface area contributed by atoms with Crippen LogP contribution >= 0.6 is 0 Å². The minimum Gasteiger partial charge on any atom is -0.467 e. The van der Waals surface area contributed by atoms with Crippen LogP contribution in [0.1, 0.15) is 51.2 Å². The first-order valence-electron chi connectivity index (χ1n) is 13.4. The van der Waals surface area contributed by atoms with Gasteiger partial charge in [0.15, 0.2) is 5.82 Å². The number of morpholine rings is 1. The molecule has 0 bridgehead atoms. The molecule has 4 heterocycles. The van der Waals surface area contributed by atoms with Crippen LogP contribution in [-0.4, -0.2) is 88.5 Å². The summed E-state index contributed by atoms with van der Waals surface area (Å²) in [5.41, 5.74) is 2.09. The van der Waals surface area contributed by atoms with Crippen LogP contribution in [0.5, 0.6) is 6.01 Å². The van der Waals surface area contributed by atoms with Gasteiger partial charge < -0.3 is 24.0 Å². The van der Waals surface area contributed by atoms with Crippen molar-refractivity contribution in [3.05, 3.63) is 35.5 Å². The summed E-state index contributed by atoms with van der Waals surface area (Å²) in [6, 6.07) is 6.33. The highest BCUT2D eigenvalue weighted by atomic mass is 19.1. The molecule has 5 rings (SSSR count). The second-order valence-corrected chi connectivity index (χ2v) is 11.3. The molecule has 39 heavy (non-hydrogen) atoms. The van der Waals surface area contributed by atoms with Crippen molar-refractivity contribution in [2.45, 2.75) is 64.8 Å². The molecule has 0 N–H and O–H groups in total. The van der Waals surface area contributed by atoms with E-state index in [2.05, 4.69) is 26.9 Å². The van der Waals surface area contributed by atoms with Crippen molar-refractivity contribution in [3.8, 4) is 11.8 Å². The summed E-state index contributed by atoms with van der Waals surface area (Å²) >= 11 is 0. The fourth-order valence-corrected chi connectivity index (χ4v) is 5.35. The van der Waals surface area contributed by atoms with Crippen molar-refractivity contribution < 1.29 is 23.4 Å². The molecule has 1 amide bonds. The largest absolute Gasteiger partial charge is 0.467 e. The number of aryl methyl sites for hydroxylation is 1. The highest BCUT2D eigenvalue weighted by molar-refractivity contribution is 5.82. The highest BCUT2D eigenvalue weighted by Gasteiger charge is 2.35. The molecule has 2 aliphatic heterocycles. The number of carbonyl (C=O) groups is 1. The van der Waals surface area contributed by atoms with Crippen molar-refractivity contribution in [3.63, 3.8) is 0 Å². The molecule has 10 nitrogen and oxygen atoms in total. The number of ether oxygens (including phenoxy) is 3. The van der Waals surface area contributed by atoms with E-state index in [4.69, 9.17) is 14.2 Å². The third-order valence-electron chi connectivity index (χ3n) is 7.29. The lowest BCUT2D eigenvalue weighted by molar-refractivity contribution is 0.0111. The molecule has 210 valence electrons. The maximum atomic E-state index is 15.6. The Bertz CT molecular complexity index is 1360. The standard InChI is InChI=1S/C28H37FN6O4/c1-17-11-19-14-30-35(25-13-24(31-26(32-25)37-6)34-9-10-38-16-18(34)2)23(19)12-21(17)20-7-8-33(15-22(20)29)27(36)39-28(3,4)5/h11-14,18,20,22H,7-10,15-16H2,1-6H3/t18-,20-,22-/m1/s1. The van der Waals surface area contributed by atoms with E-state index in [-0.39, 0.29) is 24.5 Å². The van der Waals surface area contributed by atoms with Crippen molar-refractivity contribution >= 4 is 22.8 Å². The number of anilines is 1. The number of benzene rings is 1. The summed E-state index contributed by atoms with van der Waals surface area (Å²) in [4.78, 5) is 25.3. The first-order valence-corrected chi connectivity index (χ1v) is 13.4. The second-order valence-electron chi connectivity index (χ2n) is 11.3. The summed E-state index contributed by atoms with van der Waals surface area (Å²) in [6.07, 6.45) is 0.598. The number of aromatic nitrogens is 4. The number of alkyl halides is 1. The van der Waals surface area contributed by atoms with Gasteiger partial charge in [0.05, 0.1) is 44.6 Å². The Morgan fingerprint density at radius 2 is 1.92 bits per heavy atom. The lowest BCUT2D eigenvalue weighted by Crippen LogP contribution is -2.46. The fourth-order valence-electron chi connectivity index (χ4n) is 5.35. The number of methoxy groups -OCH3 is 1. The van der Waals surface area contributed by atoms with Crippen LogP contribution in [-0.2, 0) is 9.47 Å². The molecular formula is C28H37FN6O4. The van der Waals surface area contributed by atoms with E-state index in [0.717, 1.165) is 27.8 Å².